The third-order valence-electron chi connectivity index (χ3n) is 5.76. The highest BCUT2D eigenvalue weighted by molar-refractivity contribution is 5.88. The van der Waals surface area contributed by atoms with Gasteiger partial charge in [0.05, 0.1) is 5.41 Å². The molecule has 1 amide bonds. The monoisotopic (exact) mass is 340 g/mol. The van der Waals surface area contributed by atoms with E-state index in [1.807, 2.05) is 23.1 Å². The quantitative estimate of drug-likeness (QED) is 0.832. The summed E-state index contributed by atoms with van der Waals surface area (Å²) in [7, 11) is 1.68. The maximum atomic E-state index is 13.5. The number of amides is 1. The Kier molecular flexibility index (Phi) is 3.98. The Balaban J connectivity index is 1.61. The lowest BCUT2D eigenvalue weighted by Crippen LogP contribution is -2.47. The fraction of sp³-hybridized carbons (Fsp3) is 0.526. The highest BCUT2D eigenvalue weighted by Gasteiger charge is 2.45. The molecule has 132 valence electrons. The fourth-order valence-corrected chi connectivity index (χ4v) is 4.40. The fourth-order valence-electron chi connectivity index (χ4n) is 4.40. The van der Waals surface area contributed by atoms with E-state index < -0.39 is 5.41 Å². The van der Waals surface area contributed by atoms with Gasteiger partial charge in [-0.15, -0.1) is 0 Å². The summed E-state index contributed by atoms with van der Waals surface area (Å²) in [5.41, 5.74) is 0.650. The first-order chi connectivity index (χ1) is 12.1. The average molecular weight is 340 g/mol. The molecule has 0 radical (unpaired) electrons. The van der Waals surface area contributed by atoms with Crippen LogP contribution in [0.4, 0.5) is 0 Å². The van der Waals surface area contributed by atoms with Crippen molar-refractivity contribution in [2.75, 3.05) is 13.1 Å². The molecule has 0 unspecified atom stereocenters. The van der Waals surface area contributed by atoms with Gasteiger partial charge < -0.3 is 4.90 Å². The largest absolute Gasteiger partial charge is 0.345 e. The molecular formula is C19H24N4O2. The van der Waals surface area contributed by atoms with E-state index in [-0.39, 0.29) is 11.6 Å². The first-order valence-electron chi connectivity index (χ1n) is 9.09. The first-order valence-corrected chi connectivity index (χ1v) is 9.09. The molecule has 25 heavy (non-hydrogen) atoms. The number of hydrogen-bond donors (Lipinski definition) is 0. The molecule has 0 atom stereocenters. The summed E-state index contributed by atoms with van der Waals surface area (Å²) >= 11 is 0. The summed E-state index contributed by atoms with van der Waals surface area (Å²) in [4.78, 5) is 27.6. The normalized spacial score (nSPS) is 19.5. The van der Waals surface area contributed by atoms with Crippen LogP contribution in [-0.2, 0) is 30.2 Å². The Labute approximate surface area is 147 Å². The van der Waals surface area contributed by atoms with Gasteiger partial charge in [0.2, 0.25) is 5.91 Å². The van der Waals surface area contributed by atoms with E-state index in [9.17, 15) is 9.59 Å². The van der Waals surface area contributed by atoms with Gasteiger partial charge in [0, 0.05) is 33.1 Å². The molecule has 1 aromatic carbocycles. The van der Waals surface area contributed by atoms with Gasteiger partial charge >= 0.3 is 5.69 Å². The summed E-state index contributed by atoms with van der Waals surface area (Å²) in [5, 5.41) is 4.31. The number of fused-ring (bicyclic) bond motifs is 1. The van der Waals surface area contributed by atoms with Crippen LogP contribution >= 0.6 is 0 Å². The third kappa shape index (κ3) is 2.60. The van der Waals surface area contributed by atoms with Crippen molar-refractivity contribution in [2.45, 2.75) is 44.1 Å². The van der Waals surface area contributed by atoms with Crippen molar-refractivity contribution in [3.63, 3.8) is 0 Å². The first kappa shape index (κ1) is 16.1. The summed E-state index contributed by atoms with van der Waals surface area (Å²) in [5.74, 6) is 1.00. The van der Waals surface area contributed by atoms with Gasteiger partial charge in [0.15, 0.2) is 0 Å². The van der Waals surface area contributed by atoms with Crippen molar-refractivity contribution in [3.05, 3.63) is 52.2 Å². The van der Waals surface area contributed by atoms with Crippen LogP contribution in [0.1, 0.15) is 37.1 Å². The molecule has 1 aliphatic heterocycles. The molecule has 0 spiro atoms. The van der Waals surface area contributed by atoms with Gasteiger partial charge in [0.25, 0.3) is 0 Å². The van der Waals surface area contributed by atoms with Crippen LogP contribution in [0.2, 0.25) is 0 Å². The minimum Gasteiger partial charge on any atom is -0.340 e. The van der Waals surface area contributed by atoms with Crippen molar-refractivity contribution in [2.24, 2.45) is 7.05 Å². The number of nitrogens with zero attached hydrogens (tertiary/aromatic N) is 4. The molecule has 2 heterocycles. The lowest BCUT2D eigenvalue weighted by molar-refractivity contribution is -0.137. The lowest BCUT2D eigenvalue weighted by atomic mass is 9.77. The van der Waals surface area contributed by atoms with Crippen molar-refractivity contribution < 1.29 is 4.79 Å². The van der Waals surface area contributed by atoms with Crippen LogP contribution in [0.15, 0.2) is 35.1 Å². The Bertz CT molecular complexity index is 831. The molecular weight excluding hydrogens is 316 g/mol. The predicted molar refractivity (Wildman–Crippen MR) is 94.3 cm³/mol. The Morgan fingerprint density at radius 2 is 1.80 bits per heavy atom. The van der Waals surface area contributed by atoms with Crippen LogP contribution in [0, 0.1) is 0 Å². The predicted octanol–water partition coefficient (Wildman–Crippen LogP) is 1.48. The van der Waals surface area contributed by atoms with Crippen LogP contribution < -0.4 is 5.69 Å². The van der Waals surface area contributed by atoms with Gasteiger partial charge in [-0.05, 0) is 18.4 Å². The second-order valence-electron chi connectivity index (χ2n) is 7.17. The zero-order valence-electron chi connectivity index (χ0n) is 14.6. The molecule has 0 N–H and O–H groups in total. The number of hydrogen-bond acceptors (Lipinski definition) is 3. The molecule has 0 bridgehead atoms. The number of carbonyl (C=O) groups is 1. The molecule has 1 fully saturated rings. The minimum atomic E-state index is -0.390. The van der Waals surface area contributed by atoms with E-state index in [1.54, 1.807) is 11.6 Å². The van der Waals surface area contributed by atoms with Crippen molar-refractivity contribution in [1.82, 2.24) is 19.2 Å². The minimum absolute atomic E-state index is 0.0945. The van der Waals surface area contributed by atoms with Crippen LogP contribution in [0.5, 0.6) is 0 Å². The molecule has 1 saturated carbocycles. The lowest BCUT2D eigenvalue weighted by Gasteiger charge is -2.34. The van der Waals surface area contributed by atoms with Gasteiger partial charge in [-0.2, -0.15) is 5.10 Å². The van der Waals surface area contributed by atoms with Crippen LogP contribution in [0.25, 0.3) is 0 Å². The average Bonchev–Trinajstić information content (AvgIpc) is 3.17. The van der Waals surface area contributed by atoms with E-state index in [4.69, 9.17) is 0 Å². The highest BCUT2D eigenvalue weighted by atomic mass is 16.2. The SMILES string of the molecule is Cn1nc2n(c1=O)CCN(C(=O)C1(c3ccccc3)CCCC1)CC2. The maximum absolute atomic E-state index is 13.5. The topological polar surface area (TPSA) is 60.1 Å². The molecule has 4 rings (SSSR count). The van der Waals surface area contributed by atoms with Crippen LogP contribution in [0.3, 0.4) is 0 Å². The van der Waals surface area contributed by atoms with Gasteiger partial charge in [-0.1, -0.05) is 43.2 Å². The second-order valence-corrected chi connectivity index (χ2v) is 7.17. The number of rotatable bonds is 2. The van der Waals surface area contributed by atoms with E-state index >= 15 is 0 Å². The van der Waals surface area contributed by atoms with Crippen LogP contribution in [-0.4, -0.2) is 38.2 Å². The molecule has 2 aliphatic rings. The zero-order chi connectivity index (χ0) is 17.4. The summed E-state index contributed by atoms with van der Waals surface area (Å²) in [6, 6.07) is 10.2. The molecule has 6 heteroatoms. The number of carbonyl (C=O) groups excluding carboxylic acids is 1. The molecule has 1 aliphatic carbocycles. The number of aromatic nitrogens is 3. The highest BCUT2D eigenvalue weighted by Crippen LogP contribution is 2.42. The van der Waals surface area contributed by atoms with E-state index in [2.05, 4.69) is 17.2 Å². The van der Waals surface area contributed by atoms with E-state index in [1.165, 1.54) is 4.68 Å². The molecule has 6 nitrogen and oxygen atoms in total. The second kappa shape index (κ2) is 6.17. The standard InChI is InChI=1S/C19H24N4O2/c1-21-18(25)23-14-13-22(12-9-16(23)20-21)17(24)19(10-5-6-11-19)15-7-3-2-4-8-15/h2-4,7-8H,5-6,9-14H2,1H3. The smallest absolute Gasteiger partial charge is 0.340 e. The Morgan fingerprint density at radius 3 is 2.52 bits per heavy atom. The molecule has 2 aromatic rings. The third-order valence-corrected chi connectivity index (χ3v) is 5.76. The summed E-state index contributed by atoms with van der Waals surface area (Å²) in [6.45, 7) is 1.73. The van der Waals surface area contributed by atoms with E-state index in [0.29, 0.717) is 26.1 Å². The van der Waals surface area contributed by atoms with Gasteiger partial charge in [-0.3, -0.25) is 9.36 Å². The van der Waals surface area contributed by atoms with Crippen molar-refractivity contribution >= 4 is 5.91 Å². The zero-order valence-corrected chi connectivity index (χ0v) is 14.6. The van der Waals surface area contributed by atoms with Crippen molar-refractivity contribution in [3.8, 4) is 0 Å². The Morgan fingerprint density at radius 1 is 1.08 bits per heavy atom. The maximum Gasteiger partial charge on any atom is 0.345 e. The van der Waals surface area contributed by atoms with Crippen molar-refractivity contribution in [1.29, 1.82) is 0 Å². The van der Waals surface area contributed by atoms with Gasteiger partial charge in [-0.25, -0.2) is 9.48 Å². The van der Waals surface area contributed by atoms with E-state index in [0.717, 1.165) is 37.1 Å². The van der Waals surface area contributed by atoms with Gasteiger partial charge in [0.1, 0.15) is 5.82 Å². The Hall–Kier alpha value is -2.37. The molecule has 1 aromatic heterocycles. The summed E-state index contributed by atoms with van der Waals surface area (Å²) < 4.78 is 3.09. The number of benzene rings is 1. The summed E-state index contributed by atoms with van der Waals surface area (Å²) in [6.07, 6.45) is 4.65. The molecule has 0 saturated heterocycles. The number of aryl methyl sites for hydroxylation is 1.